The van der Waals surface area contributed by atoms with Gasteiger partial charge in [0.2, 0.25) is 5.91 Å². The fourth-order valence-corrected chi connectivity index (χ4v) is 4.69. The highest BCUT2D eigenvalue weighted by molar-refractivity contribution is 5.95. The smallest absolute Gasteiger partial charge is 0.227 e. The summed E-state index contributed by atoms with van der Waals surface area (Å²) in [5.41, 5.74) is 1.71. The second kappa shape index (κ2) is 12.2. The van der Waals surface area contributed by atoms with Gasteiger partial charge in [0.15, 0.2) is 0 Å². The van der Waals surface area contributed by atoms with Crippen LogP contribution in [0, 0.1) is 11.8 Å². The summed E-state index contributed by atoms with van der Waals surface area (Å²) in [6.07, 6.45) is 8.15. The van der Waals surface area contributed by atoms with Crippen molar-refractivity contribution in [2.24, 2.45) is 11.8 Å². The molecule has 1 aromatic rings. The molecule has 1 aromatic carbocycles. The Morgan fingerprint density at radius 1 is 1.03 bits per heavy atom. The number of morpholine rings is 1. The van der Waals surface area contributed by atoms with E-state index >= 15 is 0 Å². The van der Waals surface area contributed by atoms with E-state index < -0.39 is 0 Å². The van der Waals surface area contributed by atoms with Gasteiger partial charge in [0, 0.05) is 31.1 Å². The number of carbonyl (C=O) groups is 1. The number of carbonyl (C=O) groups excluding carboxylic acids is 1. The van der Waals surface area contributed by atoms with Gasteiger partial charge >= 0.3 is 0 Å². The number of unbranched alkanes of at least 4 members (excludes halogenated alkanes) is 1. The summed E-state index contributed by atoms with van der Waals surface area (Å²) in [6, 6.07) is 3.95. The molecule has 1 aliphatic heterocycles. The third-order valence-electron chi connectivity index (χ3n) is 6.45. The predicted octanol–water partition coefficient (Wildman–Crippen LogP) is 5.26. The molecule has 1 amide bonds. The Labute approximate surface area is 187 Å². The first-order valence-electron chi connectivity index (χ1n) is 12.2. The summed E-state index contributed by atoms with van der Waals surface area (Å²) < 4.78 is 17.4. The van der Waals surface area contributed by atoms with Crippen LogP contribution in [0.15, 0.2) is 12.1 Å². The molecule has 0 aromatic heterocycles. The molecule has 31 heavy (non-hydrogen) atoms. The molecular formula is C25H40N2O4. The average molecular weight is 433 g/mol. The molecule has 0 bridgehead atoms. The highest BCUT2D eigenvalue weighted by atomic mass is 16.5. The first kappa shape index (κ1) is 23.7. The third kappa shape index (κ3) is 6.52. The van der Waals surface area contributed by atoms with Gasteiger partial charge in [-0.1, -0.05) is 26.2 Å². The maximum Gasteiger partial charge on any atom is 0.227 e. The van der Waals surface area contributed by atoms with Crippen LogP contribution in [0.1, 0.15) is 65.7 Å². The number of hydrogen-bond donors (Lipinski definition) is 1. The zero-order valence-corrected chi connectivity index (χ0v) is 19.6. The number of benzene rings is 1. The molecule has 1 saturated carbocycles. The summed E-state index contributed by atoms with van der Waals surface area (Å²) in [7, 11) is 0. The second-order valence-electron chi connectivity index (χ2n) is 8.63. The Morgan fingerprint density at radius 3 is 2.35 bits per heavy atom. The molecular weight excluding hydrogens is 392 g/mol. The number of anilines is 2. The van der Waals surface area contributed by atoms with E-state index in [1.165, 1.54) is 19.3 Å². The Kier molecular flexibility index (Phi) is 9.31. The van der Waals surface area contributed by atoms with Gasteiger partial charge in [-0.3, -0.25) is 4.79 Å². The molecule has 3 rings (SSSR count). The minimum atomic E-state index is 0.0850. The minimum Gasteiger partial charge on any atom is -0.492 e. The van der Waals surface area contributed by atoms with Crippen LogP contribution in [0.4, 0.5) is 11.4 Å². The quantitative estimate of drug-likeness (QED) is 0.547. The van der Waals surface area contributed by atoms with Crippen LogP contribution in [0.25, 0.3) is 0 Å². The van der Waals surface area contributed by atoms with E-state index in [0.29, 0.717) is 37.9 Å². The average Bonchev–Trinajstić information content (AvgIpc) is 2.80. The van der Waals surface area contributed by atoms with Gasteiger partial charge in [0.05, 0.1) is 37.8 Å². The highest BCUT2D eigenvalue weighted by Crippen LogP contribution is 2.40. The summed E-state index contributed by atoms with van der Waals surface area (Å²) >= 11 is 0. The van der Waals surface area contributed by atoms with E-state index in [4.69, 9.17) is 14.2 Å². The molecule has 0 unspecified atom stereocenters. The molecule has 1 N–H and O–H groups in total. The molecule has 174 valence electrons. The van der Waals surface area contributed by atoms with Crippen LogP contribution in [-0.4, -0.2) is 45.4 Å². The van der Waals surface area contributed by atoms with Crippen molar-refractivity contribution in [3.05, 3.63) is 12.1 Å². The SMILES string of the molecule is CCCCC1CCC(C(=O)Nc2cc(OCC)c(N3CCOCC3)cc2OCC)CC1. The first-order valence-corrected chi connectivity index (χ1v) is 12.2. The number of amides is 1. The van der Waals surface area contributed by atoms with Crippen molar-refractivity contribution in [1.82, 2.24) is 0 Å². The van der Waals surface area contributed by atoms with Gasteiger partial charge in [0.1, 0.15) is 11.5 Å². The van der Waals surface area contributed by atoms with Crippen molar-refractivity contribution >= 4 is 17.3 Å². The lowest BCUT2D eigenvalue weighted by Gasteiger charge is -2.31. The van der Waals surface area contributed by atoms with Gasteiger partial charge in [-0.25, -0.2) is 0 Å². The third-order valence-corrected chi connectivity index (χ3v) is 6.45. The van der Waals surface area contributed by atoms with Gasteiger partial charge < -0.3 is 24.4 Å². The Morgan fingerprint density at radius 2 is 1.71 bits per heavy atom. The number of hydrogen-bond acceptors (Lipinski definition) is 5. The summed E-state index contributed by atoms with van der Waals surface area (Å²) in [5.74, 6) is 2.47. The zero-order valence-electron chi connectivity index (χ0n) is 19.6. The molecule has 2 aliphatic rings. The van der Waals surface area contributed by atoms with Gasteiger partial charge in [-0.05, 0) is 45.4 Å². The summed E-state index contributed by atoms with van der Waals surface area (Å²) in [5, 5.41) is 3.16. The topological polar surface area (TPSA) is 60.0 Å². The van der Waals surface area contributed by atoms with Crippen LogP contribution in [0.5, 0.6) is 11.5 Å². The molecule has 0 radical (unpaired) electrons. The molecule has 1 aliphatic carbocycles. The fourth-order valence-electron chi connectivity index (χ4n) is 4.69. The summed E-state index contributed by atoms with van der Waals surface area (Å²) in [4.78, 5) is 15.3. The second-order valence-corrected chi connectivity index (χ2v) is 8.63. The van der Waals surface area contributed by atoms with Crippen LogP contribution < -0.4 is 19.7 Å². The maximum atomic E-state index is 13.1. The van der Waals surface area contributed by atoms with Crippen LogP contribution in [0.3, 0.4) is 0 Å². The van der Waals surface area contributed by atoms with Crippen molar-refractivity contribution < 1.29 is 19.0 Å². The Bertz CT molecular complexity index is 695. The number of nitrogens with zero attached hydrogens (tertiary/aromatic N) is 1. The van der Waals surface area contributed by atoms with E-state index in [0.717, 1.165) is 56.1 Å². The van der Waals surface area contributed by atoms with Crippen molar-refractivity contribution in [2.45, 2.75) is 65.7 Å². The van der Waals surface area contributed by atoms with Gasteiger partial charge in [0.25, 0.3) is 0 Å². The van der Waals surface area contributed by atoms with Crippen LogP contribution >= 0.6 is 0 Å². The molecule has 6 heteroatoms. The fraction of sp³-hybridized carbons (Fsp3) is 0.720. The molecule has 1 saturated heterocycles. The normalized spacial score (nSPS) is 21.6. The Balaban J connectivity index is 1.73. The van der Waals surface area contributed by atoms with Gasteiger partial charge in [-0.15, -0.1) is 0 Å². The monoisotopic (exact) mass is 432 g/mol. The van der Waals surface area contributed by atoms with Crippen LogP contribution in [-0.2, 0) is 9.53 Å². The Hall–Kier alpha value is -1.95. The van der Waals surface area contributed by atoms with Crippen molar-refractivity contribution in [3.63, 3.8) is 0 Å². The number of nitrogens with one attached hydrogen (secondary N) is 1. The highest BCUT2D eigenvalue weighted by Gasteiger charge is 2.27. The lowest BCUT2D eigenvalue weighted by molar-refractivity contribution is -0.121. The van der Waals surface area contributed by atoms with E-state index in [9.17, 15) is 4.79 Å². The lowest BCUT2D eigenvalue weighted by atomic mass is 9.79. The lowest BCUT2D eigenvalue weighted by Crippen LogP contribution is -2.36. The van der Waals surface area contributed by atoms with E-state index in [2.05, 4.69) is 17.1 Å². The number of rotatable bonds is 10. The molecule has 0 spiro atoms. The van der Waals surface area contributed by atoms with Crippen molar-refractivity contribution in [3.8, 4) is 11.5 Å². The molecule has 2 fully saturated rings. The molecule has 1 heterocycles. The van der Waals surface area contributed by atoms with Crippen molar-refractivity contribution in [1.29, 1.82) is 0 Å². The predicted molar refractivity (Wildman–Crippen MR) is 125 cm³/mol. The first-order chi connectivity index (χ1) is 15.2. The number of ether oxygens (including phenoxy) is 3. The van der Waals surface area contributed by atoms with E-state index in [1.54, 1.807) is 0 Å². The zero-order chi connectivity index (χ0) is 22.1. The largest absolute Gasteiger partial charge is 0.492 e. The molecule has 0 atom stereocenters. The minimum absolute atomic E-state index is 0.0850. The molecule has 6 nitrogen and oxygen atoms in total. The van der Waals surface area contributed by atoms with Crippen molar-refractivity contribution in [2.75, 3.05) is 49.7 Å². The standard InChI is InChI=1S/C25H40N2O4/c1-4-7-8-19-9-11-20(12-10-19)25(28)26-21-17-24(31-6-3)22(18-23(21)30-5-2)27-13-15-29-16-14-27/h17-20H,4-16H2,1-3H3,(H,26,28). The maximum absolute atomic E-state index is 13.1. The van der Waals surface area contributed by atoms with E-state index in [1.807, 2.05) is 26.0 Å². The van der Waals surface area contributed by atoms with Crippen LogP contribution in [0.2, 0.25) is 0 Å². The van der Waals surface area contributed by atoms with E-state index in [-0.39, 0.29) is 11.8 Å². The summed E-state index contributed by atoms with van der Waals surface area (Å²) in [6.45, 7) is 10.3. The van der Waals surface area contributed by atoms with Gasteiger partial charge in [-0.2, -0.15) is 0 Å².